The molecule has 0 aliphatic carbocycles. The molecule has 1 heterocycles. The first-order chi connectivity index (χ1) is 12.7. The maximum absolute atomic E-state index is 10.7. The van der Waals surface area contributed by atoms with Gasteiger partial charge in [-0.2, -0.15) is 0 Å². The summed E-state index contributed by atoms with van der Waals surface area (Å²) >= 11 is 0. The van der Waals surface area contributed by atoms with E-state index in [9.17, 15) is 5.11 Å². The summed E-state index contributed by atoms with van der Waals surface area (Å²) in [5.74, 6) is 0.842. The van der Waals surface area contributed by atoms with Gasteiger partial charge in [-0.15, -0.1) is 0 Å². The molecule has 0 saturated carbocycles. The second kappa shape index (κ2) is 9.20. The van der Waals surface area contributed by atoms with E-state index in [1.807, 2.05) is 18.2 Å². The van der Waals surface area contributed by atoms with Crippen LogP contribution in [0.1, 0.15) is 36.8 Å². The number of hydrogen-bond donors (Lipinski definition) is 1. The number of likely N-dealkylation sites (tertiary alicyclic amines) is 1. The molecule has 2 aromatic carbocycles. The van der Waals surface area contributed by atoms with Gasteiger partial charge >= 0.3 is 0 Å². The van der Waals surface area contributed by atoms with Crippen molar-refractivity contribution in [1.29, 1.82) is 0 Å². The molecule has 3 nitrogen and oxygen atoms in total. The molecule has 1 N–H and O–H groups in total. The zero-order valence-corrected chi connectivity index (χ0v) is 15.9. The summed E-state index contributed by atoms with van der Waals surface area (Å²) in [6.07, 6.45) is 4.67. The Bertz CT molecular complexity index is 663. The van der Waals surface area contributed by atoms with E-state index in [0.29, 0.717) is 6.61 Å². The predicted molar refractivity (Wildman–Crippen MR) is 106 cm³/mol. The minimum absolute atomic E-state index is 0.359. The van der Waals surface area contributed by atoms with Crippen molar-refractivity contribution in [2.45, 2.75) is 45.3 Å². The van der Waals surface area contributed by atoms with Crippen LogP contribution >= 0.6 is 0 Å². The van der Waals surface area contributed by atoms with Crippen molar-refractivity contribution < 1.29 is 14.3 Å². The molecule has 3 heteroatoms. The van der Waals surface area contributed by atoms with Crippen LogP contribution in [0.5, 0.6) is 5.75 Å². The van der Waals surface area contributed by atoms with Gasteiger partial charge < -0.3 is 14.3 Å². The van der Waals surface area contributed by atoms with Gasteiger partial charge in [0.15, 0.2) is 0 Å². The third-order valence-corrected chi connectivity index (χ3v) is 5.41. The highest BCUT2D eigenvalue weighted by molar-refractivity contribution is 5.27. The Labute approximate surface area is 157 Å². The first-order valence-corrected chi connectivity index (χ1v) is 9.92. The SMILES string of the molecule is Cc1cccc(OC[C@H](O)C[N+]2(Cc3ccccc3)CCCCCC2)c1. The fourth-order valence-electron chi connectivity index (χ4n) is 4.13. The van der Waals surface area contributed by atoms with E-state index in [4.69, 9.17) is 4.74 Å². The monoisotopic (exact) mass is 354 g/mol. The van der Waals surface area contributed by atoms with Crippen LogP contribution in [0.2, 0.25) is 0 Å². The van der Waals surface area contributed by atoms with Crippen LogP contribution in [0.25, 0.3) is 0 Å². The van der Waals surface area contributed by atoms with Gasteiger partial charge in [0.2, 0.25) is 0 Å². The standard InChI is InChI=1S/C23H32NO2/c1-20-10-9-13-23(16-20)26-19-22(25)18-24(14-7-2-3-8-15-24)17-21-11-5-4-6-12-21/h4-6,9-13,16,22,25H,2-3,7-8,14-15,17-19H2,1H3/q+1/t22-/m1/s1. The molecule has 2 aromatic rings. The number of aryl methyl sites for hydroxylation is 1. The highest BCUT2D eigenvalue weighted by Crippen LogP contribution is 2.23. The van der Waals surface area contributed by atoms with Crippen LogP contribution in [0.3, 0.4) is 0 Å². The molecule has 140 valence electrons. The van der Waals surface area contributed by atoms with Gasteiger partial charge in [-0.05, 0) is 50.3 Å². The van der Waals surface area contributed by atoms with Crippen LogP contribution < -0.4 is 4.74 Å². The molecule has 0 spiro atoms. The molecule has 1 aliphatic rings. The van der Waals surface area contributed by atoms with E-state index < -0.39 is 6.10 Å². The first-order valence-electron chi connectivity index (χ1n) is 9.92. The fourth-order valence-corrected chi connectivity index (χ4v) is 4.13. The normalized spacial score (nSPS) is 18.1. The lowest BCUT2D eigenvalue weighted by molar-refractivity contribution is -0.942. The summed E-state index contributed by atoms with van der Waals surface area (Å²) in [5, 5.41) is 10.7. The molecule has 0 unspecified atom stereocenters. The maximum atomic E-state index is 10.7. The van der Waals surface area contributed by atoms with Crippen molar-refractivity contribution in [3.63, 3.8) is 0 Å². The van der Waals surface area contributed by atoms with Crippen LogP contribution in [-0.2, 0) is 6.54 Å². The summed E-state index contributed by atoms with van der Waals surface area (Å²) in [6, 6.07) is 18.7. The van der Waals surface area contributed by atoms with Crippen molar-refractivity contribution in [2.24, 2.45) is 0 Å². The molecule has 0 aromatic heterocycles. The van der Waals surface area contributed by atoms with Crippen molar-refractivity contribution in [3.05, 3.63) is 65.7 Å². The van der Waals surface area contributed by atoms with E-state index in [2.05, 4.69) is 43.3 Å². The van der Waals surface area contributed by atoms with Gasteiger partial charge in [0.1, 0.15) is 31.5 Å². The molecule has 1 atom stereocenters. The fraction of sp³-hybridized carbons (Fsp3) is 0.478. The van der Waals surface area contributed by atoms with Crippen molar-refractivity contribution in [3.8, 4) is 5.75 Å². The molecule has 0 bridgehead atoms. The molecule has 3 rings (SSSR count). The van der Waals surface area contributed by atoms with Gasteiger partial charge in [-0.1, -0.05) is 42.5 Å². The zero-order chi connectivity index (χ0) is 18.2. The molecular weight excluding hydrogens is 322 g/mol. The number of aliphatic hydroxyl groups is 1. The van der Waals surface area contributed by atoms with Crippen LogP contribution in [0, 0.1) is 6.92 Å². The van der Waals surface area contributed by atoms with Crippen LogP contribution in [0.4, 0.5) is 0 Å². The Morgan fingerprint density at radius 3 is 2.38 bits per heavy atom. The Hall–Kier alpha value is -1.84. The van der Waals surface area contributed by atoms with E-state index in [1.165, 1.54) is 36.8 Å². The van der Waals surface area contributed by atoms with E-state index in [-0.39, 0.29) is 0 Å². The van der Waals surface area contributed by atoms with Crippen LogP contribution in [-0.4, -0.2) is 41.9 Å². The average Bonchev–Trinajstić information content (AvgIpc) is 2.86. The lowest BCUT2D eigenvalue weighted by atomic mass is 10.1. The van der Waals surface area contributed by atoms with Gasteiger partial charge in [0, 0.05) is 5.56 Å². The lowest BCUT2D eigenvalue weighted by Crippen LogP contribution is -2.53. The van der Waals surface area contributed by atoms with E-state index in [0.717, 1.165) is 36.4 Å². The number of ether oxygens (including phenoxy) is 1. The summed E-state index contributed by atoms with van der Waals surface area (Å²) in [4.78, 5) is 0. The molecular formula is C23H32NO2+. The van der Waals surface area contributed by atoms with Gasteiger partial charge in [-0.25, -0.2) is 0 Å². The second-order valence-electron chi connectivity index (χ2n) is 7.81. The van der Waals surface area contributed by atoms with Gasteiger partial charge in [-0.3, -0.25) is 0 Å². The number of quaternary nitrogens is 1. The maximum Gasteiger partial charge on any atom is 0.137 e. The van der Waals surface area contributed by atoms with E-state index >= 15 is 0 Å². The average molecular weight is 355 g/mol. The Kier molecular flexibility index (Phi) is 6.70. The Balaban J connectivity index is 1.64. The lowest BCUT2D eigenvalue weighted by Gasteiger charge is -2.39. The molecule has 1 fully saturated rings. The Morgan fingerprint density at radius 1 is 0.962 bits per heavy atom. The predicted octanol–water partition coefficient (Wildman–Crippen LogP) is 4.33. The minimum Gasteiger partial charge on any atom is -0.491 e. The van der Waals surface area contributed by atoms with Crippen LogP contribution in [0.15, 0.2) is 54.6 Å². The molecule has 0 radical (unpaired) electrons. The smallest absolute Gasteiger partial charge is 0.137 e. The number of aliphatic hydroxyl groups excluding tert-OH is 1. The topological polar surface area (TPSA) is 29.5 Å². The summed E-state index contributed by atoms with van der Waals surface area (Å²) < 4.78 is 6.83. The molecule has 0 amide bonds. The quantitative estimate of drug-likeness (QED) is 0.750. The van der Waals surface area contributed by atoms with Gasteiger partial charge in [0.05, 0.1) is 13.1 Å². The largest absolute Gasteiger partial charge is 0.491 e. The molecule has 1 aliphatic heterocycles. The Morgan fingerprint density at radius 2 is 1.69 bits per heavy atom. The number of hydrogen-bond acceptors (Lipinski definition) is 2. The van der Waals surface area contributed by atoms with E-state index in [1.54, 1.807) is 0 Å². The van der Waals surface area contributed by atoms with Crippen molar-refractivity contribution in [1.82, 2.24) is 0 Å². The second-order valence-corrected chi connectivity index (χ2v) is 7.81. The highest BCUT2D eigenvalue weighted by Gasteiger charge is 2.31. The number of nitrogens with zero attached hydrogens (tertiary/aromatic N) is 1. The summed E-state index contributed by atoms with van der Waals surface area (Å²) in [5.41, 5.74) is 2.54. The minimum atomic E-state index is -0.447. The number of benzene rings is 2. The third kappa shape index (κ3) is 5.58. The first kappa shape index (κ1) is 18.9. The van der Waals surface area contributed by atoms with Crippen molar-refractivity contribution >= 4 is 0 Å². The highest BCUT2D eigenvalue weighted by atomic mass is 16.5. The number of rotatable bonds is 7. The zero-order valence-electron chi connectivity index (χ0n) is 15.9. The van der Waals surface area contributed by atoms with Crippen molar-refractivity contribution in [2.75, 3.05) is 26.2 Å². The molecule has 1 saturated heterocycles. The summed E-state index contributed by atoms with van der Waals surface area (Å²) in [7, 11) is 0. The third-order valence-electron chi connectivity index (χ3n) is 5.41. The van der Waals surface area contributed by atoms with Gasteiger partial charge in [0.25, 0.3) is 0 Å². The molecule has 26 heavy (non-hydrogen) atoms. The summed E-state index contributed by atoms with van der Waals surface area (Å²) in [6.45, 7) is 6.48.